The van der Waals surface area contributed by atoms with Gasteiger partial charge in [0.15, 0.2) is 0 Å². The molecular formula is C16H18O2. The first kappa shape index (κ1) is 14.0. The van der Waals surface area contributed by atoms with E-state index in [0.717, 1.165) is 5.56 Å². The topological polar surface area (TPSA) is 37.3 Å². The van der Waals surface area contributed by atoms with E-state index in [1.54, 1.807) is 24.3 Å². The number of hydrogen-bond donors (Lipinski definition) is 1. The van der Waals surface area contributed by atoms with E-state index in [2.05, 4.69) is 38.1 Å². The molecule has 0 bridgehead atoms. The molecule has 0 aliphatic rings. The molecule has 18 heavy (non-hydrogen) atoms. The minimum absolute atomic E-state index is 0.339. The van der Waals surface area contributed by atoms with Gasteiger partial charge in [0.25, 0.3) is 0 Å². The Morgan fingerprint density at radius 3 is 1.28 bits per heavy atom. The number of carboxylic acids is 1. The van der Waals surface area contributed by atoms with Crippen LogP contribution < -0.4 is 0 Å². The van der Waals surface area contributed by atoms with Crippen LogP contribution >= 0.6 is 0 Å². The SMILES string of the molecule is Cc1ccc(C(=O)O)cc1.Cc1ccc(C)cc1. The van der Waals surface area contributed by atoms with E-state index in [1.165, 1.54) is 11.1 Å². The summed E-state index contributed by atoms with van der Waals surface area (Å²) in [5, 5.41) is 8.48. The molecule has 94 valence electrons. The van der Waals surface area contributed by atoms with Crippen molar-refractivity contribution in [3.05, 3.63) is 70.8 Å². The zero-order valence-corrected chi connectivity index (χ0v) is 11.0. The number of carboxylic acid groups (broad SMARTS) is 1. The average Bonchev–Trinajstić information content (AvgIpc) is 2.34. The van der Waals surface area contributed by atoms with Crippen molar-refractivity contribution in [2.75, 3.05) is 0 Å². The molecule has 0 atom stereocenters. The van der Waals surface area contributed by atoms with Gasteiger partial charge in [-0.15, -0.1) is 0 Å². The summed E-state index contributed by atoms with van der Waals surface area (Å²) >= 11 is 0. The van der Waals surface area contributed by atoms with Crippen LogP contribution in [0.1, 0.15) is 27.0 Å². The second kappa shape index (κ2) is 6.60. The summed E-state index contributed by atoms with van der Waals surface area (Å²) in [7, 11) is 0. The fraction of sp³-hybridized carbons (Fsp3) is 0.188. The van der Waals surface area contributed by atoms with Crippen molar-refractivity contribution in [3.63, 3.8) is 0 Å². The molecule has 0 aliphatic heterocycles. The molecule has 2 aromatic rings. The molecule has 2 aromatic carbocycles. The summed E-state index contributed by atoms with van der Waals surface area (Å²) in [6, 6.07) is 15.2. The minimum atomic E-state index is -0.875. The highest BCUT2D eigenvalue weighted by atomic mass is 16.4. The summed E-state index contributed by atoms with van der Waals surface area (Å²) in [5.74, 6) is -0.875. The summed E-state index contributed by atoms with van der Waals surface area (Å²) in [4.78, 5) is 10.3. The molecule has 0 aromatic heterocycles. The lowest BCUT2D eigenvalue weighted by molar-refractivity contribution is 0.0697. The quantitative estimate of drug-likeness (QED) is 0.820. The van der Waals surface area contributed by atoms with Crippen LogP contribution in [-0.2, 0) is 0 Å². The van der Waals surface area contributed by atoms with Crippen LogP contribution in [0.3, 0.4) is 0 Å². The Labute approximate surface area is 108 Å². The standard InChI is InChI=1S/C8H8O2.C8H10/c1-6-2-4-7(5-3-6)8(9)10;1-7-3-5-8(2)6-4-7/h2-5H,1H3,(H,9,10);3-6H,1-2H3. The zero-order chi connectivity index (χ0) is 13.5. The molecule has 0 spiro atoms. The fourth-order valence-corrected chi connectivity index (χ4v) is 1.33. The highest BCUT2D eigenvalue weighted by Gasteiger charge is 1.98. The van der Waals surface area contributed by atoms with Crippen LogP contribution in [0, 0.1) is 20.8 Å². The Bertz CT molecular complexity index is 475. The molecule has 0 fully saturated rings. The summed E-state index contributed by atoms with van der Waals surface area (Å²) in [6.07, 6.45) is 0. The number of aromatic carboxylic acids is 1. The number of benzene rings is 2. The number of carbonyl (C=O) groups is 1. The van der Waals surface area contributed by atoms with E-state index in [1.807, 2.05) is 6.92 Å². The molecule has 0 saturated carbocycles. The maximum absolute atomic E-state index is 10.3. The maximum Gasteiger partial charge on any atom is 0.335 e. The Balaban J connectivity index is 0.000000184. The fourth-order valence-electron chi connectivity index (χ4n) is 1.33. The van der Waals surface area contributed by atoms with Crippen molar-refractivity contribution < 1.29 is 9.90 Å². The molecule has 0 radical (unpaired) electrons. The first-order valence-corrected chi connectivity index (χ1v) is 5.82. The monoisotopic (exact) mass is 242 g/mol. The molecule has 1 N–H and O–H groups in total. The van der Waals surface area contributed by atoms with Crippen LogP contribution in [0.25, 0.3) is 0 Å². The molecule has 0 amide bonds. The lowest BCUT2D eigenvalue weighted by atomic mass is 10.2. The highest BCUT2D eigenvalue weighted by Crippen LogP contribution is 2.01. The minimum Gasteiger partial charge on any atom is -0.478 e. The first-order valence-electron chi connectivity index (χ1n) is 5.82. The number of rotatable bonds is 1. The van der Waals surface area contributed by atoms with E-state index >= 15 is 0 Å². The Morgan fingerprint density at radius 2 is 1.00 bits per heavy atom. The number of hydrogen-bond acceptors (Lipinski definition) is 1. The Morgan fingerprint density at radius 1 is 0.722 bits per heavy atom. The second-order valence-electron chi connectivity index (χ2n) is 4.33. The Kier molecular flexibility index (Phi) is 5.12. The van der Waals surface area contributed by atoms with Gasteiger partial charge in [0.2, 0.25) is 0 Å². The van der Waals surface area contributed by atoms with Gasteiger partial charge in [-0.25, -0.2) is 4.79 Å². The van der Waals surface area contributed by atoms with E-state index < -0.39 is 5.97 Å². The van der Waals surface area contributed by atoms with Crippen molar-refractivity contribution in [3.8, 4) is 0 Å². The van der Waals surface area contributed by atoms with E-state index in [4.69, 9.17) is 5.11 Å². The summed E-state index contributed by atoms with van der Waals surface area (Å²) in [5.41, 5.74) is 4.07. The van der Waals surface area contributed by atoms with Gasteiger partial charge in [-0.2, -0.15) is 0 Å². The van der Waals surface area contributed by atoms with Gasteiger partial charge in [-0.05, 0) is 32.9 Å². The molecule has 0 saturated heterocycles. The van der Waals surface area contributed by atoms with Gasteiger partial charge in [0.1, 0.15) is 0 Å². The van der Waals surface area contributed by atoms with Crippen molar-refractivity contribution >= 4 is 5.97 Å². The zero-order valence-electron chi connectivity index (χ0n) is 11.0. The van der Waals surface area contributed by atoms with Gasteiger partial charge in [0, 0.05) is 0 Å². The smallest absolute Gasteiger partial charge is 0.335 e. The molecule has 0 heterocycles. The summed E-state index contributed by atoms with van der Waals surface area (Å²) < 4.78 is 0. The first-order chi connectivity index (χ1) is 8.49. The van der Waals surface area contributed by atoms with Crippen molar-refractivity contribution in [1.29, 1.82) is 0 Å². The average molecular weight is 242 g/mol. The van der Waals surface area contributed by atoms with Gasteiger partial charge >= 0.3 is 5.97 Å². The van der Waals surface area contributed by atoms with Crippen LogP contribution in [0.5, 0.6) is 0 Å². The Hall–Kier alpha value is -2.09. The third kappa shape index (κ3) is 4.83. The normalized spacial score (nSPS) is 9.28. The lowest BCUT2D eigenvalue weighted by Crippen LogP contribution is -1.94. The van der Waals surface area contributed by atoms with Crippen LogP contribution in [0.2, 0.25) is 0 Å². The molecule has 0 unspecified atom stereocenters. The number of aryl methyl sites for hydroxylation is 3. The molecule has 2 nitrogen and oxygen atoms in total. The van der Waals surface area contributed by atoms with Crippen molar-refractivity contribution in [2.45, 2.75) is 20.8 Å². The lowest BCUT2D eigenvalue weighted by Gasteiger charge is -1.92. The molecule has 2 heteroatoms. The van der Waals surface area contributed by atoms with Crippen LogP contribution in [0.4, 0.5) is 0 Å². The van der Waals surface area contributed by atoms with Gasteiger partial charge in [-0.3, -0.25) is 0 Å². The predicted molar refractivity (Wildman–Crippen MR) is 74.1 cm³/mol. The van der Waals surface area contributed by atoms with Crippen LogP contribution in [-0.4, -0.2) is 11.1 Å². The van der Waals surface area contributed by atoms with E-state index in [0.29, 0.717) is 5.56 Å². The molecule has 2 rings (SSSR count). The molecule has 0 aliphatic carbocycles. The second-order valence-corrected chi connectivity index (χ2v) is 4.33. The molecular weight excluding hydrogens is 224 g/mol. The van der Waals surface area contributed by atoms with Gasteiger partial charge in [0.05, 0.1) is 5.56 Å². The summed E-state index contributed by atoms with van der Waals surface area (Å²) in [6.45, 7) is 6.12. The largest absolute Gasteiger partial charge is 0.478 e. The third-order valence-corrected chi connectivity index (χ3v) is 2.52. The third-order valence-electron chi connectivity index (χ3n) is 2.52. The predicted octanol–water partition coefficient (Wildman–Crippen LogP) is 4.00. The van der Waals surface area contributed by atoms with E-state index in [-0.39, 0.29) is 0 Å². The van der Waals surface area contributed by atoms with Crippen molar-refractivity contribution in [2.24, 2.45) is 0 Å². The maximum atomic E-state index is 10.3. The van der Waals surface area contributed by atoms with Gasteiger partial charge in [-0.1, -0.05) is 53.1 Å². The van der Waals surface area contributed by atoms with E-state index in [9.17, 15) is 4.79 Å². The highest BCUT2D eigenvalue weighted by molar-refractivity contribution is 5.87. The van der Waals surface area contributed by atoms with Gasteiger partial charge < -0.3 is 5.11 Å². The van der Waals surface area contributed by atoms with Crippen LogP contribution in [0.15, 0.2) is 48.5 Å². The van der Waals surface area contributed by atoms with Crippen molar-refractivity contribution in [1.82, 2.24) is 0 Å².